The predicted octanol–water partition coefficient (Wildman–Crippen LogP) is 1.90. The highest BCUT2D eigenvalue weighted by molar-refractivity contribution is 7.09. The van der Waals surface area contributed by atoms with E-state index >= 15 is 0 Å². The van der Waals surface area contributed by atoms with Crippen molar-refractivity contribution in [3.63, 3.8) is 0 Å². The van der Waals surface area contributed by atoms with E-state index in [0.29, 0.717) is 0 Å². The minimum absolute atomic E-state index is 0.759. The number of aromatic nitrogens is 1. The zero-order valence-electron chi connectivity index (χ0n) is 12.8. The molecule has 0 aromatic carbocycles. The summed E-state index contributed by atoms with van der Waals surface area (Å²) >= 11 is 1.70. The van der Waals surface area contributed by atoms with Gasteiger partial charge in [0.15, 0.2) is 5.96 Å². The fraction of sp³-hybridized carbons (Fsp3) is 0.600. The highest BCUT2D eigenvalue weighted by atomic mass is 32.1. The molecule has 1 aromatic heterocycles. The number of aliphatic imine (C=N–C) groups is 1. The van der Waals surface area contributed by atoms with E-state index in [4.69, 9.17) is 4.74 Å². The zero-order valence-corrected chi connectivity index (χ0v) is 13.6. The van der Waals surface area contributed by atoms with E-state index in [2.05, 4.69) is 32.1 Å². The molecule has 0 saturated heterocycles. The van der Waals surface area contributed by atoms with Gasteiger partial charge < -0.3 is 15.4 Å². The summed E-state index contributed by atoms with van der Waals surface area (Å²) in [7, 11) is 1.80. The number of rotatable bonds is 6. The normalized spacial score (nSPS) is 15.7. The van der Waals surface area contributed by atoms with Gasteiger partial charge in [-0.1, -0.05) is 11.6 Å². The van der Waals surface area contributed by atoms with Crippen molar-refractivity contribution in [3.8, 4) is 0 Å². The molecule has 0 atom stereocenters. The standard InChI is InChI=1S/C15H24N4OS/c1-12-19-14(11-21-12)4-8-18-15(16-2)17-7-3-13-5-9-20-10-6-13/h5,11H,3-4,6-10H2,1-2H3,(H2,16,17,18). The number of ether oxygens (including phenoxy) is 1. The van der Waals surface area contributed by atoms with E-state index in [9.17, 15) is 0 Å². The highest BCUT2D eigenvalue weighted by Crippen LogP contribution is 2.10. The van der Waals surface area contributed by atoms with Gasteiger partial charge >= 0.3 is 0 Å². The molecule has 116 valence electrons. The SMILES string of the molecule is CN=C(NCCC1=CCOCC1)NCCc1csc(C)n1. The number of thiazole rings is 1. The van der Waals surface area contributed by atoms with Crippen LogP contribution in [0.3, 0.4) is 0 Å². The molecule has 0 spiro atoms. The molecule has 0 saturated carbocycles. The highest BCUT2D eigenvalue weighted by Gasteiger charge is 2.04. The maximum absolute atomic E-state index is 5.31. The van der Waals surface area contributed by atoms with Gasteiger partial charge in [-0.2, -0.15) is 0 Å². The molecule has 0 aliphatic carbocycles. The molecule has 0 fully saturated rings. The van der Waals surface area contributed by atoms with Crippen LogP contribution in [-0.2, 0) is 11.2 Å². The molecule has 0 bridgehead atoms. The third-order valence-electron chi connectivity index (χ3n) is 3.36. The van der Waals surface area contributed by atoms with Gasteiger partial charge in [-0.25, -0.2) is 4.98 Å². The van der Waals surface area contributed by atoms with Crippen molar-refractivity contribution in [2.75, 3.05) is 33.4 Å². The van der Waals surface area contributed by atoms with Gasteiger partial charge in [0.2, 0.25) is 0 Å². The molecule has 1 aromatic rings. The van der Waals surface area contributed by atoms with Crippen LogP contribution in [0.2, 0.25) is 0 Å². The van der Waals surface area contributed by atoms with Crippen molar-refractivity contribution in [2.45, 2.75) is 26.2 Å². The minimum atomic E-state index is 0.759. The van der Waals surface area contributed by atoms with Crippen LogP contribution < -0.4 is 10.6 Å². The van der Waals surface area contributed by atoms with Crippen LogP contribution in [0.5, 0.6) is 0 Å². The predicted molar refractivity (Wildman–Crippen MR) is 88.1 cm³/mol. The van der Waals surface area contributed by atoms with Gasteiger partial charge in [0, 0.05) is 31.9 Å². The summed E-state index contributed by atoms with van der Waals surface area (Å²) in [6, 6.07) is 0. The zero-order chi connectivity index (χ0) is 14.9. The first-order valence-electron chi connectivity index (χ1n) is 7.39. The Morgan fingerprint density at radius 1 is 1.38 bits per heavy atom. The van der Waals surface area contributed by atoms with Crippen molar-refractivity contribution in [3.05, 3.63) is 27.7 Å². The molecular formula is C15H24N4OS. The number of guanidine groups is 1. The van der Waals surface area contributed by atoms with Crippen molar-refractivity contribution < 1.29 is 4.74 Å². The molecular weight excluding hydrogens is 284 g/mol. The van der Waals surface area contributed by atoms with E-state index in [1.165, 1.54) is 5.57 Å². The third kappa shape index (κ3) is 5.85. The lowest BCUT2D eigenvalue weighted by Crippen LogP contribution is -2.38. The van der Waals surface area contributed by atoms with Crippen LogP contribution in [0.15, 0.2) is 22.0 Å². The first-order valence-corrected chi connectivity index (χ1v) is 8.27. The molecule has 0 amide bonds. The average Bonchev–Trinajstić information content (AvgIpc) is 2.92. The third-order valence-corrected chi connectivity index (χ3v) is 4.18. The molecule has 0 radical (unpaired) electrons. The number of aryl methyl sites for hydroxylation is 1. The van der Waals surface area contributed by atoms with Gasteiger partial charge in [-0.3, -0.25) is 4.99 Å². The molecule has 2 heterocycles. The fourth-order valence-corrected chi connectivity index (χ4v) is 2.83. The quantitative estimate of drug-likeness (QED) is 0.479. The van der Waals surface area contributed by atoms with Crippen LogP contribution in [0.25, 0.3) is 0 Å². The van der Waals surface area contributed by atoms with E-state index in [-0.39, 0.29) is 0 Å². The lowest BCUT2D eigenvalue weighted by atomic mass is 10.1. The van der Waals surface area contributed by atoms with Gasteiger partial charge in [0.25, 0.3) is 0 Å². The Hall–Kier alpha value is -1.40. The second-order valence-corrected chi connectivity index (χ2v) is 6.03. The summed E-state index contributed by atoms with van der Waals surface area (Å²) in [5.74, 6) is 0.856. The Bertz CT molecular complexity index is 496. The van der Waals surface area contributed by atoms with Crippen LogP contribution in [-0.4, -0.2) is 44.3 Å². The summed E-state index contributed by atoms with van der Waals surface area (Å²) < 4.78 is 5.31. The Kier molecular flexibility index (Phi) is 6.69. The first kappa shape index (κ1) is 16.0. The molecule has 2 rings (SSSR count). The smallest absolute Gasteiger partial charge is 0.190 e. The van der Waals surface area contributed by atoms with Gasteiger partial charge in [0.1, 0.15) is 0 Å². The van der Waals surface area contributed by atoms with Crippen LogP contribution in [0.1, 0.15) is 23.5 Å². The van der Waals surface area contributed by atoms with Crippen molar-refractivity contribution in [1.29, 1.82) is 0 Å². The Labute approximate surface area is 130 Å². The maximum atomic E-state index is 5.31. The van der Waals surface area contributed by atoms with Crippen molar-refractivity contribution >= 4 is 17.3 Å². The van der Waals surface area contributed by atoms with Gasteiger partial charge in [-0.15, -0.1) is 11.3 Å². The second kappa shape index (κ2) is 8.79. The number of nitrogens with one attached hydrogen (secondary N) is 2. The fourth-order valence-electron chi connectivity index (χ4n) is 2.19. The Balaban J connectivity index is 1.62. The van der Waals surface area contributed by atoms with Gasteiger partial charge in [0.05, 0.1) is 23.9 Å². The summed E-state index contributed by atoms with van der Waals surface area (Å²) in [5.41, 5.74) is 2.62. The van der Waals surface area contributed by atoms with E-state index < -0.39 is 0 Å². The molecule has 21 heavy (non-hydrogen) atoms. The van der Waals surface area contributed by atoms with Gasteiger partial charge in [-0.05, 0) is 19.8 Å². The van der Waals surface area contributed by atoms with Crippen molar-refractivity contribution in [1.82, 2.24) is 15.6 Å². The van der Waals surface area contributed by atoms with Crippen LogP contribution in [0.4, 0.5) is 0 Å². The molecule has 2 N–H and O–H groups in total. The number of nitrogens with zero attached hydrogens (tertiary/aromatic N) is 2. The second-order valence-electron chi connectivity index (χ2n) is 4.97. The largest absolute Gasteiger partial charge is 0.377 e. The lowest BCUT2D eigenvalue weighted by molar-refractivity contribution is 0.153. The topological polar surface area (TPSA) is 58.5 Å². The monoisotopic (exact) mass is 308 g/mol. The van der Waals surface area contributed by atoms with E-state index in [1.54, 1.807) is 18.4 Å². The molecule has 6 heteroatoms. The summed E-state index contributed by atoms with van der Waals surface area (Å²) in [5, 5.41) is 9.91. The number of hydrogen-bond acceptors (Lipinski definition) is 4. The average molecular weight is 308 g/mol. The maximum Gasteiger partial charge on any atom is 0.190 e. The van der Waals surface area contributed by atoms with E-state index in [1.807, 2.05) is 6.92 Å². The van der Waals surface area contributed by atoms with Crippen LogP contribution >= 0.6 is 11.3 Å². The summed E-state index contributed by atoms with van der Waals surface area (Å²) in [6.07, 6.45) is 5.21. The number of hydrogen-bond donors (Lipinski definition) is 2. The first-order chi connectivity index (χ1) is 10.3. The molecule has 1 aliphatic rings. The summed E-state index contributed by atoms with van der Waals surface area (Å²) in [4.78, 5) is 8.70. The minimum Gasteiger partial charge on any atom is -0.377 e. The van der Waals surface area contributed by atoms with E-state index in [0.717, 1.165) is 62.2 Å². The molecule has 1 aliphatic heterocycles. The summed E-state index contributed by atoms with van der Waals surface area (Å²) in [6.45, 7) is 5.40. The Morgan fingerprint density at radius 3 is 2.81 bits per heavy atom. The Morgan fingerprint density at radius 2 is 2.19 bits per heavy atom. The molecule has 5 nitrogen and oxygen atoms in total. The van der Waals surface area contributed by atoms with Crippen LogP contribution in [0, 0.1) is 6.92 Å². The van der Waals surface area contributed by atoms with Crippen molar-refractivity contribution in [2.24, 2.45) is 4.99 Å². The lowest BCUT2D eigenvalue weighted by Gasteiger charge is -2.15. The molecule has 0 unspecified atom stereocenters.